The Morgan fingerprint density at radius 3 is 1.98 bits per heavy atom. The summed E-state index contributed by atoms with van der Waals surface area (Å²) in [6, 6.07) is 10.4. The largest absolute Gasteiger partial charge is 0.493 e. The van der Waals surface area contributed by atoms with E-state index in [2.05, 4.69) is 93.3 Å². The van der Waals surface area contributed by atoms with Crippen LogP contribution in [0.25, 0.3) is 0 Å². The van der Waals surface area contributed by atoms with Gasteiger partial charge in [-0.1, -0.05) is 45.9 Å². The number of Topliss-reactive ketones (excluding diaryl/α,β-unsaturated/α-hetero) is 2. The first-order valence-electron chi connectivity index (χ1n) is 14.0. The molecule has 0 saturated carbocycles. The van der Waals surface area contributed by atoms with Gasteiger partial charge in [0.25, 0.3) is 0 Å². The second-order valence-electron chi connectivity index (χ2n) is 13.3. The van der Waals surface area contributed by atoms with E-state index < -0.39 is 5.92 Å². The fraction of sp³-hybridized carbons (Fsp3) is 0.471. The number of carbonyl (C=O) groups excluding carboxylic acids is 2. The number of nitrogens with zero attached hydrogens (tertiary/aromatic N) is 1. The number of ether oxygens (including phenoxy) is 2. The van der Waals surface area contributed by atoms with Crippen molar-refractivity contribution >= 4 is 34.2 Å². The number of hydrogen-bond donors (Lipinski definition) is 0. The van der Waals surface area contributed by atoms with Crippen molar-refractivity contribution in [2.75, 3.05) is 14.2 Å². The van der Waals surface area contributed by atoms with E-state index in [1.54, 1.807) is 7.11 Å². The first kappa shape index (κ1) is 28.9. The summed E-state index contributed by atoms with van der Waals surface area (Å²) in [6.45, 7) is 13.3. The average Bonchev–Trinajstić information content (AvgIpc) is 2.85. The molecule has 5 nitrogen and oxygen atoms in total. The van der Waals surface area contributed by atoms with Gasteiger partial charge in [0, 0.05) is 48.3 Å². The summed E-state index contributed by atoms with van der Waals surface area (Å²) < 4.78 is 13.1. The number of allylic oxidation sites excluding steroid dienone is 4. The molecule has 0 amide bonds. The molecule has 3 aliphatic rings. The molecule has 1 aliphatic heterocycles. The van der Waals surface area contributed by atoms with E-state index in [1.165, 1.54) is 11.1 Å². The zero-order valence-electron chi connectivity index (χ0n) is 25.0. The van der Waals surface area contributed by atoms with E-state index >= 15 is 0 Å². The molecule has 0 radical (unpaired) electrons. The van der Waals surface area contributed by atoms with Crippen molar-refractivity contribution in [2.24, 2.45) is 10.8 Å². The van der Waals surface area contributed by atoms with Gasteiger partial charge in [-0.05, 0) is 94.5 Å². The van der Waals surface area contributed by atoms with Gasteiger partial charge in [-0.3, -0.25) is 9.59 Å². The molecule has 1 heterocycles. The Labute approximate surface area is 252 Å². The van der Waals surface area contributed by atoms with Gasteiger partial charge in [-0.15, -0.1) is 0 Å². The fourth-order valence-corrected chi connectivity index (χ4v) is 7.37. The number of halogens is 1. The minimum atomic E-state index is -0.399. The second-order valence-corrected chi connectivity index (χ2v) is 14.5. The van der Waals surface area contributed by atoms with Gasteiger partial charge >= 0.3 is 0 Å². The number of benzene rings is 2. The molecule has 2 aliphatic carbocycles. The smallest absolute Gasteiger partial charge is 0.174 e. The minimum absolute atomic E-state index is 0.126. The fourth-order valence-electron chi connectivity index (χ4n) is 6.59. The van der Waals surface area contributed by atoms with Gasteiger partial charge < -0.3 is 14.4 Å². The van der Waals surface area contributed by atoms with Crippen LogP contribution in [-0.2, 0) is 16.2 Å². The maximum Gasteiger partial charge on any atom is 0.174 e. The summed E-state index contributed by atoms with van der Waals surface area (Å²) in [7, 11) is 3.68. The zero-order chi connectivity index (χ0) is 29.1. The molecule has 0 fully saturated rings. The van der Waals surface area contributed by atoms with E-state index in [9.17, 15) is 9.59 Å². The molecule has 2 aromatic carbocycles. The Bertz CT molecular complexity index is 1420. The third kappa shape index (κ3) is 5.24. The van der Waals surface area contributed by atoms with Gasteiger partial charge in [0.05, 0.1) is 10.7 Å². The van der Waals surface area contributed by atoms with Crippen LogP contribution in [0.4, 0.5) is 0 Å². The van der Waals surface area contributed by atoms with Crippen molar-refractivity contribution in [1.29, 1.82) is 0 Å². The molecule has 6 heteroatoms. The molecule has 0 aromatic heterocycles. The van der Waals surface area contributed by atoms with Gasteiger partial charge in [0.1, 0.15) is 6.61 Å². The average molecular weight is 654 g/mol. The summed E-state index contributed by atoms with van der Waals surface area (Å²) >= 11 is 2.29. The van der Waals surface area contributed by atoms with Gasteiger partial charge in [-0.2, -0.15) is 0 Å². The molecule has 0 unspecified atom stereocenters. The predicted molar refractivity (Wildman–Crippen MR) is 167 cm³/mol. The maximum atomic E-state index is 13.8. The van der Waals surface area contributed by atoms with Crippen LogP contribution in [-0.4, -0.2) is 30.6 Å². The Morgan fingerprint density at radius 2 is 1.45 bits per heavy atom. The Kier molecular flexibility index (Phi) is 7.47. The zero-order valence-corrected chi connectivity index (χ0v) is 27.1. The van der Waals surface area contributed by atoms with Crippen molar-refractivity contribution in [3.63, 3.8) is 0 Å². The van der Waals surface area contributed by atoms with Crippen LogP contribution in [0.3, 0.4) is 0 Å². The third-order valence-corrected chi connectivity index (χ3v) is 9.52. The number of methoxy groups -OCH3 is 1. The van der Waals surface area contributed by atoms with Crippen LogP contribution in [0.2, 0.25) is 0 Å². The van der Waals surface area contributed by atoms with Crippen molar-refractivity contribution in [2.45, 2.75) is 79.8 Å². The highest BCUT2D eigenvalue weighted by Gasteiger charge is 2.48. The lowest BCUT2D eigenvalue weighted by Crippen LogP contribution is -2.43. The highest BCUT2D eigenvalue weighted by Crippen LogP contribution is 2.54. The number of aryl methyl sites for hydroxylation is 2. The molecular formula is C34H40INO4. The number of carbonyl (C=O) groups is 2. The van der Waals surface area contributed by atoms with E-state index in [1.807, 2.05) is 13.1 Å². The maximum absolute atomic E-state index is 13.8. The predicted octanol–water partition coefficient (Wildman–Crippen LogP) is 7.81. The quantitative estimate of drug-likeness (QED) is 0.308. The minimum Gasteiger partial charge on any atom is -0.493 e. The normalized spacial score (nSPS) is 20.5. The van der Waals surface area contributed by atoms with Crippen molar-refractivity contribution in [1.82, 2.24) is 4.90 Å². The monoisotopic (exact) mass is 653 g/mol. The first-order valence-corrected chi connectivity index (χ1v) is 15.1. The molecular weight excluding hydrogens is 613 g/mol. The van der Waals surface area contributed by atoms with Crippen molar-refractivity contribution < 1.29 is 19.1 Å². The molecule has 2 aromatic rings. The lowest BCUT2D eigenvalue weighted by atomic mass is 9.64. The van der Waals surface area contributed by atoms with Gasteiger partial charge in [0.2, 0.25) is 0 Å². The number of ketones is 2. The topological polar surface area (TPSA) is 55.8 Å². The summed E-state index contributed by atoms with van der Waals surface area (Å²) in [4.78, 5) is 29.8. The van der Waals surface area contributed by atoms with E-state index in [0.717, 1.165) is 50.1 Å². The lowest BCUT2D eigenvalue weighted by molar-refractivity contribution is -0.119. The summed E-state index contributed by atoms with van der Waals surface area (Å²) in [6.07, 6.45) is 2.56. The molecule has 40 heavy (non-hydrogen) atoms. The highest BCUT2D eigenvalue weighted by molar-refractivity contribution is 14.1. The van der Waals surface area contributed by atoms with Crippen LogP contribution >= 0.6 is 22.6 Å². The number of hydrogen-bond acceptors (Lipinski definition) is 5. The molecule has 0 N–H and O–H groups in total. The molecule has 5 rings (SSSR count). The lowest BCUT2D eigenvalue weighted by Gasteiger charge is -2.48. The van der Waals surface area contributed by atoms with Gasteiger partial charge in [0.15, 0.2) is 23.1 Å². The summed E-state index contributed by atoms with van der Waals surface area (Å²) in [5.41, 5.74) is 7.89. The van der Waals surface area contributed by atoms with Crippen LogP contribution in [0.5, 0.6) is 11.5 Å². The van der Waals surface area contributed by atoms with E-state index in [0.29, 0.717) is 30.9 Å². The molecule has 212 valence electrons. The molecule has 0 bridgehead atoms. The van der Waals surface area contributed by atoms with Crippen molar-refractivity contribution in [3.05, 3.63) is 78.7 Å². The highest BCUT2D eigenvalue weighted by atomic mass is 127. The Morgan fingerprint density at radius 1 is 0.875 bits per heavy atom. The van der Waals surface area contributed by atoms with E-state index in [4.69, 9.17) is 9.47 Å². The SMILES string of the molecule is COc1cc(C2C3=C(CC(C)(C)CC3=O)N(C)C3=C2C(=O)CC(C)(C)C3)cc(I)c1OCc1ccc(C)c(C)c1. The van der Waals surface area contributed by atoms with E-state index in [-0.39, 0.29) is 22.4 Å². The van der Waals surface area contributed by atoms with Crippen LogP contribution < -0.4 is 9.47 Å². The number of rotatable bonds is 5. The van der Waals surface area contributed by atoms with Gasteiger partial charge in [-0.25, -0.2) is 0 Å². The third-order valence-electron chi connectivity index (χ3n) is 8.72. The molecule has 0 saturated heterocycles. The summed E-state index contributed by atoms with van der Waals surface area (Å²) in [5, 5.41) is 0. The van der Waals surface area contributed by atoms with Crippen LogP contribution in [0.15, 0.2) is 52.9 Å². The first-order chi connectivity index (χ1) is 18.7. The Balaban J connectivity index is 1.61. The summed E-state index contributed by atoms with van der Waals surface area (Å²) in [5.74, 6) is 1.16. The van der Waals surface area contributed by atoms with Crippen LogP contribution in [0.1, 0.15) is 81.5 Å². The molecule has 0 atom stereocenters. The van der Waals surface area contributed by atoms with Crippen LogP contribution in [0, 0.1) is 28.2 Å². The molecule has 0 spiro atoms. The standard InChI is InChI=1S/C34H40INO4/c1-19-9-10-21(11-20(19)2)18-40-32-23(35)12-22(13-28(32)39-8)29-30-24(14-33(3,4)16-26(30)37)36(7)25-15-34(5,6)17-27(38)31(25)29/h9-13,29H,14-18H2,1-8H3. The van der Waals surface area contributed by atoms with Crippen molar-refractivity contribution in [3.8, 4) is 11.5 Å². The second kappa shape index (κ2) is 10.3. The Hall–Kier alpha value is -2.61.